The molecule has 10 nitrogen and oxygen atoms in total. The van der Waals surface area contributed by atoms with Crippen LogP contribution < -0.4 is 10.8 Å². The lowest BCUT2D eigenvalue weighted by molar-refractivity contribution is -0.258. The Morgan fingerprint density at radius 1 is 0.608 bits per heavy atom. The standard InChI is InChI=1S/C40H68N2O8S/c43-39(37-20-19-30(22-38(37)40(44)45)28-11-5-2-6-12-28)41-33-13-8-16-36(24-33)51(47)50-35-15-7-14-34(23-35)42-48-25-31-18-17-29(21-32(31)26-49-46)27-9-3-1-4-10-27/h27-38,42,46H,1-26H2,(H,41,43)(H,44,45). The Hall–Kier alpha value is -1.11. The van der Waals surface area contributed by atoms with Gasteiger partial charge in [-0.2, -0.15) is 5.48 Å². The Balaban J connectivity index is 0.912. The maximum atomic E-state index is 13.5. The van der Waals surface area contributed by atoms with Crippen molar-refractivity contribution in [1.82, 2.24) is 10.8 Å². The maximum Gasteiger partial charge on any atom is 0.307 e. The second-order valence-corrected chi connectivity index (χ2v) is 19.0. The lowest BCUT2D eigenvalue weighted by Crippen LogP contribution is -2.48. The molecule has 0 heterocycles. The molecular formula is C40H68N2O8S. The predicted molar refractivity (Wildman–Crippen MR) is 197 cm³/mol. The van der Waals surface area contributed by atoms with Crippen molar-refractivity contribution in [3.8, 4) is 0 Å². The number of hydrogen-bond donors (Lipinski definition) is 4. The van der Waals surface area contributed by atoms with Crippen molar-refractivity contribution >= 4 is 23.0 Å². The van der Waals surface area contributed by atoms with Gasteiger partial charge >= 0.3 is 5.97 Å². The van der Waals surface area contributed by atoms with Crippen LogP contribution >= 0.6 is 0 Å². The van der Waals surface area contributed by atoms with E-state index >= 15 is 0 Å². The zero-order valence-electron chi connectivity index (χ0n) is 31.1. The molecule has 0 radical (unpaired) electrons. The Kier molecular flexibility index (Phi) is 15.5. The number of carbonyl (C=O) groups is 2. The van der Waals surface area contributed by atoms with Crippen molar-refractivity contribution in [3.63, 3.8) is 0 Å². The smallest absolute Gasteiger partial charge is 0.307 e. The molecule has 6 fully saturated rings. The van der Waals surface area contributed by atoms with E-state index in [0.717, 1.165) is 76.0 Å². The van der Waals surface area contributed by atoms with Crippen molar-refractivity contribution in [3.05, 3.63) is 0 Å². The molecule has 0 aromatic rings. The van der Waals surface area contributed by atoms with E-state index in [-0.39, 0.29) is 29.3 Å². The largest absolute Gasteiger partial charge is 0.481 e. The molecule has 4 N–H and O–H groups in total. The highest BCUT2D eigenvalue weighted by Crippen LogP contribution is 2.44. The average molecular weight is 737 g/mol. The molecule has 11 atom stereocenters. The van der Waals surface area contributed by atoms with Gasteiger partial charge in [0.2, 0.25) is 5.91 Å². The first kappa shape index (κ1) is 39.6. The lowest BCUT2D eigenvalue weighted by atomic mass is 9.66. The van der Waals surface area contributed by atoms with Gasteiger partial charge in [-0.25, -0.2) is 9.10 Å². The van der Waals surface area contributed by atoms with Gasteiger partial charge in [-0.05, 0) is 119 Å². The molecule has 0 bridgehead atoms. The summed E-state index contributed by atoms with van der Waals surface area (Å²) in [5, 5.41) is 22.5. The number of aliphatic carboxylic acids is 1. The fraction of sp³-hybridized carbons (Fsp3) is 0.950. The minimum Gasteiger partial charge on any atom is -0.481 e. The SMILES string of the molecule is O=C(O)C1CC(C2CCCCC2)CCC1C(=O)NC1CCCC(S(=O)OC2CCCC(NOCC3CCC(C4CCCCC4)CC3COO)C2)C1. The molecule has 11 heteroatoms. The van der Waals surface area contributed by atoms with Gasteiger partial charge in [0, 0.05) is 12.1 Å². The number of amides is 1. The van der Waals surface area contributed by atoms with Gasteiger partial charge in [0.1, 0.15) is 0 Å². The average Bonchev–Trinajstić information content (AvgIpc) is 3.16. The minimum absolute atomic E-state index is 0.0960. The van der Waals surface area contributed by atoms with Crippen molar-refractivity contribution in [2.45, 2.75) is 178 Å². The van der Waals surface area contributed by atoms with E-state index in [2.05, 4.69) is 15.7 Å². The molecule has 11 unspecified atom stereocenters. The second kappa shape index (κ2) is 20.0. The van der Waals surface area contributed by atoms with Crippen molar-refractivity contribution in [1.29, 1.82) is 0 Å². The third kappa shape index (κ3) is 11.2. The van der Waals surface area contributed by atoms with Gasteiger partial charge in [0.25, 0.3) is 0 Å². The number of carboxylic acid groups (broad SMARTS) is 1. The summed E-state index contributed by atoms with van der Waals surface area (Å²) in [6.45, 7) is 0.974. The summed E-state index contributed by atoms with van der Waals surface area (Å²) in [5.41, 5.74) is 3.31. The highest BCUT2D eigenvalue weighted by atomic mass is 32.2. The fourth-order valence-electron chi connectivity index (χ4n) is 11.3. The van der Waals surface area contributed by atoms with E-state index in [0.29, 0.717) is 56.1 Å². The molecule has 0 aromatic carbocycles. The third-order valence-electron chi connectivity index (χ3n) is 14.3. The van der Waals surface area contributed by atoms with Crippen LogP contribution in [0.2, 0.25) is 0 Å². The summed E-state index contributed by atoms with van der Waals surface area (Å²) < 4.78 is 19.7. The molecule has 0 aromatic heterocycles. The van der Waals surface area contributed by atoms with E-state index in [1.807, 2.05) is 0 Å². The van der Waals surface area contributed by atoms with Gasteiger partial charge in [-0.1, -0.05) is 70.6 Å². The van der Waals surface area contributed by atoms with Gasteiger partial charge in [0.15, 0.2) is 11.1 Å². The summed E-state index contributed by atoms with van der Waals surface area (Å²) in [6, 6.07) is 0.0434. The van der Waals surface area contributed by atoms with Gasteiger partial charge < -0.3 is 15.3 Å². The van der Waals surface area contributed by atoms with Crippen LogP contribution in [0.3, 0.4) is 0 Å². The summed E-state index contributed by atoms with van der Waals surface area (Å²) >= 11 is -1.46. The number of hydroxylamine groups is 1. The molecule has 6 aliphatic carbocycles. The predicted octanol–water partition coefficient (Wildman–Crippen LogP) is 7.73. The van der Waals surface area contributed by atoms with Gasteiger partial charge in [0.05, 0.1) is 36.4 Å². The Labute approximate surface area is 309 Å². The summed E-state index contributed by atoms with van der Waals surface area (Å²) in [4.78, 5) is 36.6. The number of hydrogen-bond acceptors (Lipinski definition) is 8. The highest BCUT2D eigenvalue weighted by Gasteiger charge is 2.43. The molecular weight excluding hydrogens is 669 g/mol. The molecule has 1 amide bonds. The Morgan fingerprint density at radius 3 is 1.98 bits per heavy atom. The number of rotatable bonds is 14. The second-order valence-electron chi connectivity index (χ2n) is 17.6. The fourth-order valence-corrected chi connectivity index (χ4v) is 12.7. The lowest BCUT2D eigenvalue weighted by Gasteiger charge is -2.40. The first-order chi connectivity index (χ1) is 24.9. The molecule has 51 heavy (non-hydrogen) atoms. The highest BCUT2D eigenvalue weighted by molar-refractivity contribution is 7.80. The van der Waals surface area contributed by atoms with Crippen LogP contribution in [0.25, 0.3) is 0 Å². The van der Waals surface area contributed by atoms with Crippen LogP contribution in [0.5, 0.6) is 0 Å². The van der Waals surface area contributed by atoms with E-state index < -0.39 is 28.9 Å². The zero-order valence-corrected chi connectivity index (χ0v) is 31.9. The normalized spacial score (nSPS) is 38.1. The van der Waals surface area contributed by atoms with Crippen molar-refractivity contribution in [2.24, 2.45) is 47.3 Å². The monoisotopic (exact) mass is 736 g/mol. The van der Waals surface area contributed by atoms with Gasteiger partial charge in [-0.3, -0.25) is 19.0 Å². The van der Waals surface area contributed by atoms with Crippen LogP contribution in [-0.4, -0.2) is 63.1 Å². The van der Waals surface area contributed by atoms with E-state index in [1.165, 1.54) is 70.6 Å². The molecule has 0 spiro atoms. The topological polar surface area (TPSA) is 143 Å². The van der Waals surface area contributed by atoms with Crippen LogP contribution in [0.1, 0.15) is 154 Å². The Bertz CT molecular complexity index is 1120. The maximum absolute atomic E-state index is 13.5. The number of nitrogens with one attached hydrogen (secondary N) is 2. The Morgan fingerprint density at radius 2 is 1.27 bits per heavy atom. The van der Waals surface area contributed by atoms with E-state index in [1.54, 1.807) is 0 Å². The van der Waals surface area contributed by atoms with Gasteiger partial charge in [-0.15, -0.1) is 0 Å². The molecule has 6 aliphatic rings. The van der Waals surface area contributed by atoms with Crippen molar-refractivity contribution in [2.75, 3.05) is 13.2 Å². The van der Waals surface area contributed by atoms with E-state index in [4.69, 9.17) is 9.02 Å². The third-order valence-corrected chi connectivity index (χ3v) is 15.7. The van der Waals surface area contributed by atoms with Crippen molar-refractivity contribution < 1.29 is 38.1 Å². The molecule has 6 rings (SSSR count). The quantitative estimate of drug-likeness (QED) is 0.104. The summed E-state index contributed by atoms with van der Waals surface area (Å²) in [7, 11) is 0. The molecule has 0 saturated heterocycles. The van der Waals surface area contributed by atoms with Crippen LogP contribution in [0.4, 0.5) is 0 Å². The first-order valence-corrected chi connectivity index (χ1v) is 22.3. The van der Waals surface area contributed by atoms with Crippen LogP contribution in [0, 0.1) is 47.3 Å². The molecule has 6 saturated carbocycles. The number of carbonyl (C=O) groups excluding carboxylic acids is 1. The molecule has 0 aliphatic heterocycles. The van der Waals surface area contributed by atoms with E-state index in [9.17, 15) is 24.2 Å². The summed E-state index contributed by atoms with van der Waals surface area (Å²) in [6.07, 6.45) is 25.2. The van der Waals surface area contributed by atoms with Crippen LogP contribution in [-0.2, 0) is 34.6 Å². The first-order valence-electron chi connectivity index (χ1n) is 21.1. The number of carboxylic acids is 1. The zero-order chi connectivity index (χ0) is 35.6. The summed E-state index contributed by atoms with van der Waals surface area (Å²) in [5.74, 6) is 1.21. The molecule has 292 valence electrons. The minimum atomic E-state index is -1.46. The van der Waals surface area contributed by atoms with Crippen LogP contribution in [0.15, 0.2) is 0 Å².